The maximum Gasteiger partial charge on any atom is 0.322 e. The molecule has 1 aromatic rings. The number of carbonyl (C=O) groups excluding carboxylic acids is 2. The molecule has 0 spiro atoms. The molecule has 8 heteroatoms. The molecule has 114 valence electrons. The van der Waals surface area contributed by atoms with Gasteiger partial charge in [0.2, 0.25) is 5.91 Å². The minimum atomic E-state index is -1.15. The van der Waals surface area contributed by atoms with Gasteiger partial charge in [-0.2, -0.15) is 0 Å². The van der Waals surface area contributed by atoms with E-state index in [1.165, 1.54) is 4.90 Å². The Kier molecular flexibility index (Phi) is 6.48. The highest BCUT2D eigenvalue weighted by molar-refractivity contribution is 6.31. The molecule has 21 heavy (non-hydrogen) atoms. The fraction of sp³-hybridized carbons (Fsp3) is 0.308. The van der Waals surface area contributed by atoms with Crippen molar-refractivity contribution in [3.63, 3.8) is 0 Å². The predicted molar refractivity (Wildman–Crippen MR) is 77.0 cm³/mol. The fourth-order valence-corrected chi connectivity index (χ4v) is 1.68. The number of carboxylic acid groups (broad SMARTS) is 1. The lowest BCUT2D eigenvalue weighted by Crippen LogP contribution is -2.43. The van der Waals surface area contributed by atoms with E-state index < -0.39 is 24.5 Å². The molecule has 1 rings (SSSR count). The molecule has 0 saturated carbocycles. The first-order valence-electron chi connectivity index (χ1n) is 6.11. The highest BCUT2D eigenvalue weighted by Crippen LogP contribution is 2.16. The predicted octanol–water partition coefficient (Wildman–Crippen LogP) is 0.682. The molecule has 0 heterocycles. The Hall–Kier alpha value is -2.28. The molecule has 0 aliphatic rings. The van der Waals surface area contributed by atoms with Crippen LogP contribution in [-0.4, -0.2) is 48.1 Å². The van der Waals surface area contributed by atoms with Crippen molar-refractivity contribution in [3.05, 3.63) is 34.9 Å². The van der Waals surface area contributed by atoms with Crippen molar-refractivity contribution in [2.75, 3.05) is 20.1 Å². The number of nitrogens with one attached hydrogen (secondary N) is 2. The summed E-state index contributed by atoms with van der Waals surface area (Å²) in [6, 6.07) is 6.67. The molecule has 0 radical (unpaired) electrons. The Balaban J connectivity index is 2.40. The van der Waals surface area contributed by atoms with Crippen LogP contribution in [0.3, 0.4) is 0 Å². The number of benzene rings is 1. The highest BCUT2D eigenvalue weighted by Gasteiger charge is 2.12. The lowest BCUT2D eigenvalue weighted by molar-refractivity contribution is -0.137. The van der Waals surface area contributed by atoms with Gasteiger partial charge in [-0.05, 0) is 11.6 Å². The average molecular weight is 314 g/mol. The minimum Gasteiger partial charge on any atom is -0.480 e. The van der Waals surface area contributed by atoms with Crippen LogP contribution in [0, 0.1) is 0 Å². The van der Waals surface area contributed by atoms with E-state index in [1.54, 1.807) is 25.2 Å². The zero-order chi connectivity index (χ0) is 15.8. The van der Waals surface area contributed by atoms with E-state index >= 15 is 0 Å². The minimum absolute atomic E-state index is 0.293. The van der Waals surface area contributed by atoms with Crippen LogP contribution in [-0.2, 0) is 16.1 Å². The number of rotatable bonds is 6. The van der Waals surface area contributed by atoms with Gasteiger partial charge in [-0.15, -0.1) is 0 Å². The largest absolute Gasteiger partial charge is 0.480 e. The Morgan fingerprint density at radius 2 is 1.86 bits per heavy atom. The van der Waals surface area contributed by atoms with E-state index in [-0.39, 0.29) is 6.54 Å². The van der Waals surface area contributed by atoms with Gasteiger partial charge in [0.05, 0.1) is 6.54 Å². The first kappa shape index (κ1) is 16.8. The van der Waals surface area contributed by atoms with Gasteiger partial charge in [0.1, 0.15) is 6.54 Å². The van der Waals surface area contributed by atoms with E-state index in [0.717, 1.165) is 5.56 Å². The maximum absolute atomic E-state index is 11.8. The third-order valence-corrected chi connectivity index (χ3v) is 2.92. The Morgan fingerprint density at radius 1 is 1.19 bits per heavy atom. The first-order valence-corrected chi connectivity index (χ1v) is 6.49. The Labute approximate surface area is 126 Å². The molecule has 1 aromatic carbocycles. The number of hydrogen-bond donors (Lipinski definition) is 3. The van der Waals surface area contributed by atoms with Crippen molar-refractivity contribution in [2.45, 2.75) is 6.54 Å². The average Bonchev–Trinajstić information content (AvgIpc) is 2.44. The standard InChI is InChI=1S/C13H16ClN3O4/c1-17(8-9-4-2-3-5-10(9)14)13(21)16-6-11(18)15-7-12(19)20/h2-5H,6-8H2,1H3,(H,15,18)(H,16,21)(H,19,20). The molecule has 0 atom stereocenters. The van der Waals surface area contributed by atoms with E-state index in [9.17, 15) is 14.4 Å². The van der Waals surface area contributed by atoms with E-state index in [0.29, 0.717) is 11.6 Å². The summed E-state index contributed by atoms with van der Waals surface area (Å²) >= 11 is 5.99. The molecule has 3 amide bonds. The van der Waals surface area contributed by atoms with Crippen molar-refractivity contribution in [2.24, 2.45) is 0 Å². The van der Waals surface area contributed by atoms with Gasteiger partial charge < -0.3 is 20.6 Å². The summed E-state index contributed by atoms with van der Waals surface area (Å²) in [5, 5.41) is 13.5. The molecule has 0 fully saturated rings. The summed E-state index contributed by atoms with van der Waals surface area (Å²) < 4.78 is 0. The Bertz CT molecular complexity index is 536. The normalized spacial score (nSPS) is 9.81. The number of amides is 3. The fourth-order valence-electron chi connectivity index (χ4n) is 1.48. The number of halogens is 1. The van der Waals surface area contributed by atoms with Crippen molar-refractivity contribution in [1.82, 2.24) is 15.5 Å². The van der Waals surface area contributed by atoms with Crippen LogP contribution in [0.2, 0.25) is 5.02 Å². The van der Waals surface area contributed by atoms with Crippen LogP contribution in [0.25, 0.3) is 0 Å². The lowest BCUT2D eigenvalue weighted by Gasteiger charge is -2.18. The van der Waals surface area contributed by atoms with Crippen LogP contribution in [0.4, 0.5) is 4.79 Å². The third-order valence-electron chi connectivity index (χ3n) is 2.55. The van der Waals surface area contributed by atoms with Crippen molar-refractivity contribution < 1.29 is 19.5 Å². The van der Waals surface area contributed by atoms with E-state index in [2.05, 4.69) is 10.6 Å². The van der Waals surface area contributed by atoms with Gasteiger partial charge in [-0.1, -0.05) is 29.8 Å². The number of hydrogen-bond acceptors (Lipinski definition) is 3. The molecule has 0 aliphatic heterocycles. The quantitative estimate of drug-likeness (QED) is 0.719. The van der Waals surface area contributed by atoms with E-state index in [1.807, 2.05) is 6.07 Å². The van der Waals surface area contributed by atoms with Crippen LogP contribution in [0.5, 0.6) is 0 Å². The molecular weight excluding hydrogens is 298 g/mol. The second-order valence-corrected chi connectivity index (χ2v) is 4.68. The van der Waals surface area contributed by atoms with Gasteiger partial charge in [0, 0.05) is 18.6 Å². The summed E-state index contributed by atoms with van der Waals surface area (Å²) in [7, 11) is 1.56. The highest BCUT2D eigenvalue weighted by atomic mass is 35.5. The topological polar surface area (TPSA) is 98.7 Å². The summed E-state index contributed by atoms with van der Waals surface area (Å²) in [6.07, 6.45) is 0. The number of carbonyl (C=O) groups is 3. The van der Waals surface area contributed by atoms with Gasteiger partial charge in [-0.3, -0.25) is 9.59 Å². The van der Waals surface area contributed by atoms with Crippen molar-refractivity contribution >= 4 is 29.5 Å². The number of urea groups is 1. The number of carboxylic acids is 1. The van der Waals surface area contributed by atoms with Crippen molar-refractivity contribution in [1.29, 1.82) is 0 Å². The molecule has 3 N–H and O–H groups in total. The summed E-state index contributed by atoms with van der Waals surface area (Å²) in [4.78, 5) is 34.7. The van der Waals surface area contributed by atoms with Crippen molar-refractivity contribution in [3.8, 4) is 0 Å². The number of nitrogens with zero attached hydrogens (tertiary/aromatic N) is 1. The summed E-state index contributed by atoms with van der Waals surface area (Å²) in [6.45, 7) is -0.481. The zero-order valence-electron chi connectivity index (χ0n) is 11.4. The SMILES string of the molecule is CN(Cc1ccccc1Cl)C(=O)NCC(=O)NCC(=O)O. The zero-order valence-corrected chi connectivity index (χ0v) is 12.2. The van der Waals surface area contributed by atoms with Gasteiger partial charge in [-0.25, -0.2) is 4.79 Å². The number of aliphatic carboxylic acids is 1. The monoisotopic (exact) mass is 313 g/mol. The molecule has 7 nitrogen and oxygen atoms in total. The second kappa shape index (κ2) is 8.11. The van der Waals surface area contributed by atoms with Crippen LogP contribution in [0.15, 0.2) is 24.3 Å². The molecule has 0 aromatic heterocycles. The molecule has 0 bridgehead atoms. The van der Waals surface area contributed by atoms with E-state index in [4.69, 9.17) is 16.7 Å². The molecular formula is C13H16ClN3O4. The van der Waals surface area contributed by atoms with Crippen LogP contribution >= 0.6 is 11.6 Å². The second-order valence-electron chi connectivity index (χ2n) is 4.28. The van der Waals surface area contributed by atoms with Gasteiger partial charge >= 0.3 is 12.0 Å². The molecule has 0 aliphatic carbocycles. The van der Waals surface area contributed by atoms with Gasteiger partial charge in [0.25, 0.3) is 0 Å². The Morgan fingerprint density at radius 3 is 2.48 bits per heavy atom. The first-order chi connectivity index (χ1) is 9.90. The maximum atomic E-state index is 11.8. The molecule has 0 unspecified atom stereocenters. The lowest BCUT2D eigenvalue weighted by atomic mass is 10.2. The molecule has 0 saturated heterocycles. The van der Waals surface area contributed by atoms with Crippen LogP contribution < -0.4 is 10.6 Å². The van der Waals surface area contributed by atoms with Gasteiger partial charge in [0.15, 0.2) is 0 Å². The van der Waals surface area contributed by atoms with Crippen LogP contribution in [0.1, 0.15) is 5.56 Å². The smallest absolute Gasteiger partial charge is 0.322 e. The summed E-state index contributed by atoms with van der Waals surface area (Å²) in [5.41, 5.74) is 0.784. The summed E-state index contributed by atoms with van der Waals surface area (Å²) in [5.74, 6) is -1.72. The third kappa shape index (κ3) is 6.13.